The van der Waals surface area contributed by atoms with Crippen LogP contribution in [0.3, 0.4) is 0 Å². The molecule has 1 heterocycles. The number of alkyl halides is 1. The third-order valence-corrected chi connectivity index (χ3v) is 3.57. The first-order valence-corrected chi connectivity index (χ1v) is 5.97. The Kier molecular flexibility index (Phi) is 4.24. The molecule has 1 amide bonds. The number of rotatable bonds is 2. The van der Waals surface area contributed by atoms with Crippen LogP contribution in [0, 0.1) is 0 Å². The fourth-order valence-corrected chi connectivity index (χ4v) is 2.30. The standard InChI is InChI=1S/C11H20ClNO/c1-4-10(12)11(14)13-8(2)6-5-7-9(13)3/h8-10H,4-7H2,1-3H3/t8-,9+,10-/m1/s1. The summed E-state index contributed by atoms with van der Waals surface area (Å²) in [5.74, 6) is 0.119. The molecule has 82 valence electrons. The van der Waals surface area contributed by atoms with Crippen LogP contribution in [0.5, 0.6) is 0 Å². The zero-order valence-electron chi connectivity index (χ0n) is 9.29. The second-order valence-corrected chi connectivity index (χ2v) is 4.78. The van der Waals surface area contributed by atoms with Crippen molar-refractivity contribution in [1.82, 2.24) is 4.90 Å². The van der Waals surface area contributed by atoms with Crippen LogP contribution in [0.25, 0.3) is 0 Å². The first-order valence-electron chi connectivity index (χ1n) is 5.54. The first-order chi connectivity index (χ1) is 6.57. The quantitative estimate of drug-likeness (QED) is 0.652. The van der Waals surface area contributed by atoms with Crippen molar-refractivity contribution < 1.29 is 4.79 Å². The van der Waals surface area contributed by atoms with Crippen molar-refractivity contribution in [3.8, 4) is 0 Å². The van der Waals surface area contributed by atoms with E-state index in [0.717, 1.165) is 19.3 Å². The van der Waals surface area contributed by atoms with Gasteiger partial charge < -0.3 is 4.90 Å². The number of hydrogen-bond acceptors (Lipinski definition) is 1. The molecule has 3 heteroatoms. The van der Waals surface area contributed by atoms with Crippen molar-refractivity contribution in [2.45, 2.75) is 63.9 Å². The lowest BCUT2D eigenvalue weighted by Gasteiger charge is -2.40. The van der Waals surface area contributed by atoms with Gasteiger partial charge in [-0.05, 0) is 39.5 Å². The molecule has 1 fully saturated rings. The summed E-state index contributed by atoms with van der Waals surface area (Å²) >= 11 is 5.99. The van der Waals surface area contributed by atoms with Crippen LogP contribution in [0.1, 0.15) is 46.5 Å². The van der Waals surface area contributed by atoms with E-state index < -0.39 is 0 Å². The van der Waals surface area contributed by atoms with Gasteiger partial charge in [0.2, 0.25) is 5.91 Å². The lowest BCUT2D eigenvalue weighted by atomic mass is 9.97. The van der Waals surface area contributed by atoms with Gasteiger partial charge in [-0.3, -0.25) is 4.79 Å². The summed E-state index contributed by atoms with van der Waals surface area (Å²) < 4.78 is 0. The topological polar surface area (TPSA) is 20.3 Å². The number of carbonyl (C=O) groups excluding carboxylic acids is 1. The van der Waals surface area contributed by atoms with Crippen LogP contribution in [0.15, 0.2) is 0 Å². The molecule has 0 aromatic heterocycles. The van der Waals surface area contributed by atoms with E-state index in [1.54, 1.807) is 0 Å². The van der Waals surface area contributed by atoms with Gasteiger partial charge in [0, 0.05) is 12.1 Å². The van der Waals surface area contributed by atoms with E-state index >= 15 is 0 Å². The SMILES string of the molecule is CC[C@@H](Cl)C(=O)N1[C@H](C)CCC[C@@H]1C. The molecule has 0 bridgehead atoms. The van der Waals surface area contributed by atoms with Crippen LogP contribution in [-0.4, -0.2) is 28.3 Å². The average molecular weight is 218 g/mol. The number of carbonyl (C=O) groups is 1. The minimum atomic E-state index is -0.335. The van der Waals surface area contributed by atoms with E-state index in [2.05, 4.69) is 13.8 Å². The molecule has 1 rings (SSSR count). The van der Waals surface area contributed by atoms with E-state index in [9.17, 15) is 4.79 Å². The molecular formula is C11H20ClNO. The molecule has 3 atom stereocenters. The minimum absolute atomic E-state index is 0.119. The van der Waals surface area contributed by atoms with E-state index in [0.29, 0.717) is 12.1 Å². The highest BCUT2D eigenvalue weighted by Crippen LogP contribution is 2.24. The molecule has 0 aromatic carbocycles. The van der Waals surface area contributed by atoms with Crippen LogP contribution in [0.4, 0.5) is 0 Å². The van der Waals surface area contributed by atoms with E-state index in [4.69, 9.17) is 11.6 Å². The largest absolute Gasteiger partial charge is 0.336 e. The Morgan fingerprint density at radius 2 is 1.93 bits per heavy atom. The summed E-state index contributed by atoms with van der Waals surface area (Å²) in [6.45, 7) is 6.19. The van der Waals surface area contributed by atoms with Crippen molar-refractivity contribution in [1.29, 1.82) is 0 Å². The minimum Gasteiger partial charge on any atom is -0.336 e. The number of halogens is 1. The van der Waals surface area contributed by atoms with Gasteiger partial charge in [0.1, 0.15) is 5.38 Å². The zero-order valence-corrected chi connectivity index (χ0v) is 10.0. The molecule has 0 N–H and O–H groups in total. The van der Waals surface area contributed by atoms with Gasteiger partial charge in [-0.15, -0.1) is 11.6 Å². The van der Waals surface area contributed by atoms with E-state index in [1.807, 2.05) is 11.8 Å². The summed E-state index contributed by atoms with van der Waals surface area (Å²) in [4.78, 5) is 13.9. The summed E-state index contributed by atoms with van der Waals surface area (Å²) in [6.07, 6.45) is 4.17. The molecule has 0 saturated carbocycles. The monoisotopic (exact) mass is 217 g/mol. The highest BCUT2D eigenvalue weighted by Gasteiger charge is 2.31. The van der Waals surface area contributed by atoms with Crippen molar-refractivity contribution in [3.05, 3.63) is 0 Å². The molecule has 1 saturated heterocycles. The van der Waals surface area contributed by atoms with Crippen LogP contribution in [-0.2, 0) is 4.79 Å². The lowest BCUT2D eigenvalue weighted by Crippen LogP contribution is -2.50. The molecule has 0 unspecified atom stereocenters. The maximum absolute atomic E-state index is 11.9. The van der Waals surface area contributed by atoms with Crippen molar-refractivity contribution in [2.24, 2.45) is 0 Å². The fourth-order valence-electron chi connectivity index (χ4n) is 2.19. The summed E-state index contributed by atoms with van der Waals surface area (Å²) in [6, 6.07) is 0.720. The van der Waals surface area contributed by atoms with Gasteiger partial charge in [0.25, 0.3) is 0 Å². The summed E-state index contributed by atoms with van der Waals surface area (Å²) in [5.41, 5.74) is 0. The third kappa shape index (κ3) is 2.41. The number of nitrogens with zero attached hydrogens (tertiary/aromatic N) is 1. The number of amides is 1. The van der Waals surface area contributed by atoms with Gasteiger partial charge in [-0.2, -0.15) is 0 Å². The highest BCUT2D eigenvalue weighted by molar-refractivity contribution is 6.30. The number of hydrogen-bond donors (Lipinski definition) is 0. The van der Waals surface area contributed by atoms with Gasteiger partial charge in [-0.25, -0.2) is 0 Å². The Bertz CT molecular complexity index is 197. The average Bonchev–Trinajstić information content (AvgIpc) is 2.16. The molecule has 0 aromatic rings. The first kappa shape index (κ1) is 11.8. The Balaban J connectivity index is 2.67. The van der Waals surface area contributed by atoms with Crippen LogP contribution >= 0.6 is 11.6 Å². The molecule has 2 nitrogen and oxygen atoms in total. The summed E-state index contributed by atoms with van der Waals surface area (Å²) in [7, 11) is 0. The normalized spacial score (nSPS) is 30.1. The third-order valence-electron chi connectivity index (χ3n) is 3.07. The van der Waals surface area contributed by atoms with Gasteiger partial charge in [-0.1, -0.05) is 6.92 Å². The lowest BCUT2D eigenvalue weighted by molar-refractivity contribution is -0.136. The van der Waals surface area contributed by atoms with E-state index in [-0.39, 0.29) is 11.3 Å². The molecule has 14 heavy (non-hydrogen) atoms. The van der Waals surface area contributed by atoms with Gasteiger partial charge in [0.05, 0.1) is 0 Å². The fraction of sp³-hybridized carbons (Fsp3) is 0.909. The maximum atomic E-state index is 11.9. The highest BCUT2D eigenvalue weighted by atomic mass is 35.5. The molecule has 1 aliphatic rings. The zero-order chi connectivity index (χ0) is 10.7. The molecule has 1 aliphatic heterocycles. The molecule has 0 aliphatic carbocycles. The van der Waals surface area contributed by atoms with Crippen molar-refractivity contribution >= 4 is 17.5 Å². The summed E-state index contributed by atoms with van der Waals surface area (Å²) in [5, 5.41) is -0.335. The maximum Gasteiger partial charge on any atom is 0.241 e. The smallest absolute Gasteiger partial charge is 0.241 e. The molecule has 0 spiro atoms. The molecular weight excluding hydrogens is 198 g/mol. The van der Waals surface area contributed by atoms with Crippen LogP contribution in [0.2, 0.25) is 0 Å². The predicted octanol–water partition coefficient (Wildman–Crippen LogP) is 2.79. The Morgan fingerprint density at radius 1 is 1.43 bits per heavy atom. The second-order valence-electron chi connectivity index (χ2n) is 4.25. The Morgan fingerprint density at radius 3 is 2.36 bits per heavy atom. The van der Waals surface area contributed by atoms with Gasteiger partial charge >= 0.3 is 0 Å². The number of likely N-dealkylation sites (tertiary alicyclic amines) is 1. The van der Waals surface area contributed by atoms with Gasteiger partial charge in [0.15, 0.2) is 0 Å². The van der Waals surface area contributed by atoms with Crippen molar-refractivity contribution in [3.63, 3.8) is 0 Å². The van der Waals surface area contributed by atoms with E-state index in [1.165, 1.54) is 6.42 Å². The predicted molar refractivity (Wildman–Crippen MR) is 59.6 cm³/mol. The Labute approximate surface area is 91.6 Å². The van der Waals surface area contributed by atoms with Crippen molar-refractivity contribution in [2.75, 3.05) is 0 Å². The van der Waals surface area contributed by atoms with Crippen LogP contribution < -0.4 is 0 Å². The number of piperidine rings is 1. The molecule has 0 radical (unpaired) electrons. The second kappa shape index (κ2) is 5.01. The Hall–Kier alpha value is -0.240.